The minimum Gasteiger partial charge on any atom is -0.283 e. The van der Waals surface area contributed by atoms with Crippen LogP contribution in [-0.4, -0.2) is 11.2 Å². The van der Waals surface area contributed by atoms with Gasteiger partial charge in [-0.1, -0.05) is 18.2 Å². The van der Waals surface area contributed by atoms with Crippen LogP contribution in [0, 0.1) is 11.8 Å². The number of hydrazine groups is 3. The lowest BCUT2D eigenvalue weighted by atomic mass is 9.74. The first-order valence-electron chi connectivity index (χ1n) is 5.24. The Labute approximate surface area is 83.9 Å². The monoisotopic (exact) mass is 192 g/mol. The van der Waals surface area contributed by atoms with E-state index >= 15 is 0 Å². The molecule has 4 nitrogen and oxygen atoms in total. The predicted molar refractivity (Wildman–Crippen MR) is 54.1 cm³/mol. The van der Waals surface area contributed by atoms with Crippen LogP contribution in [0.4, 0.5) is 0 Å². The van der Waals surface area contributed by atoms with E-state index in [0.717, 1.165) is 12.3 Å². The largest absolute Gasteiger partial charge is 0.283 e. The zero-order valence-corrected chi connectivity index (χ0v) is 8.16. The summed E-state index contributed by atoms with van der Waals surface area (Å²) in [6.45, 7) is 4.11. The fourth-order valence-corrected chi connectivity index (χ4v) is 2.71. The summed E-state index contributed by atoms with van der Waals surface area (Å²) in [6, 6.07) is 0. The summed E-state index contributed by atoms with van der Waals surface area (Å²) in [5.74, 6) is 1.37. The summed E-state index contributed by atoms with van der Waals surface area (Å²) >= 11 is 0. The molecule has 4 heteroatoms. The van der Waals surface area contributed by atoms with Gasteiger partial charge in [0.25, 0.3) is 0 Å². The highest BCUT2D eigenvalue weighted by Gasteiger charge is 2.39. The molecule has 2 fully saturated rings. The number of hydrogen-bond acceptors (Lipinski definition) is 4. The van der Waals surface area contributed by atoms with Gasteiger partial charge in [0.2, 0.25) is 0 Å². The molecule has 0 aromatic carbocycles. The van der Waals surface area contributed by atoms with Crippen molar-refractivity contribution < 1.29 is 0 Å². The Morgan fingerprint density at radius 2 is 2.43 bits per heavy atom. The number of fused-ring (bicyclic) bond motifs is 3. The molecule has 0 aromatic heterocycles. The van der Waals surface area contributed by atoms with Gasteiger partial charge in [0, 0.05) is 12.1 Å². The van der Waals surface area contributed by atoms with Crippen molar-refractivity contribution in [2.45, 2.75) is 25.4 Å². The Balaban J connectivity index is 1.86. The van der Waals surface area contributed by atoms with Crippen molar-refractivity contribution in [1.29, 1.82) is 0 Å². The summed E-state index contributed by atoms with van der Waals surface area (Å²) in [7, 11) is 0. The highest BCUT2D eigenvalue weighted by atomic mass is 15.9. The van der Waals surface area contributed by atoms with Gasteiger partial charge >= 0.3 is 0 Å². The second-order valence-corrected chi connectivity index (χ2v) is 4.40. The fraction of sp³-hybridized carbons (Fsp3) is 0.600. The quantitative estimate of drug-likeness (QED) is 0.493. The molecule has 0 amide bonds. The Bertz CT molecular complexity index is 286. The van der Waals surface area contributed by atoms with E-state index in [1.807, 2.05) is 0 Å². The lowest BCUT2D eigenvalue weighted by Crippen LogP contribution is -2.48. The smallest absolute Gasteiger partial charge is 0.113 e. The van der Waals surface area contributed by atoms with Crippen LogP contribution >= 0.6 is 0 Å². The summed E-state index contributed by atoms with van der Waals surface area (Å²) in [5, 5.41) is 2.10. The summed E-state index contributed by atoms with van der Waals surface area (Å²) in [5.41, 5.74) is 10.7. The fourth-order valence-electron chi connectivity index (χ4n) is 2.71. The molecule has 0 radical (unpaired) electrons. The Morgan fingerprint density at radius 3 is 3.36 bits per heavy atom. The van der Waals surface area contributed by atoms with Gasteiger partial charge in [0.05, 0.1) is 0 Å². The molecule has 3 rings (SSSR count). The van der Waals surface area contributed by atoms with E-state index in [2.05, 4.69) is 40.4 Å². The summed E-state index contributed by atoms with van der Waals surface area (Å²) < 4.78 is 0. The van der Waals surface area contributed by atoms with Gasteiger partial charge in [-0.2, -0.15) is 11.1 Å². The first-order chi connectivity index (χ1) is 6.84. The van der Waals surface area contributed by atoms with Crippen LogP contribution < -0.4 is 16.5 Å². The number of nitrogens with one attached hydrogen (secondary N) is 3. The predicted octanol–water partition coefficient (Wildman–Crippen LogP) is 0.642. The van der Waals surface area contributed by atoms with Crippen LogP contribution in [0.1, 0.15) is 19.3 Å². The van der Waals surface area contributed by atoms with Gasteiger partial charge in [0.15, 0.2) is 0 Å². The van der Waals surface area contributed by atoms with E-state index in [-0.39, 0.29) is 0 Å². The van der Waals surface area contributed by atoms with Gasteiger partial charge in [-0.25, -0.2) is 5.43 Å². The van der Waals surface area contributed by atoms with E-state index in [9.17, 15) is 0 Å². The van der Waals surface area contributed by atoms with Gasteiger partial charge < -0.3 is 0 Å². The van der Waals surface area contributed by atoms with Crippen molar-refractivity contribution in [2.75, 3.05) is 0 Å². The normalized spacial score (nSPS) is 41.0. The molecule has 3 unspecified atom stereocenters. The van der Waals surface area contributed by atoms with Gasteiger partial charge in [-0.05, 0) is 25.2 Å². The lowest BCUT2D eigenvalue weighted by molar-refractivity contribution is 0.125. The summed E-state index contributed by atoms with van der Waals surface area (Å²) in [4.78, 5) is 0. The van der Waals surface area contributed by atoms with Crippen LogP contribution in [0.25, 0.3) is 0 Å². The van der Waals surface area contributed by atoms with E-state index < -0.39 is 0 Å². The molecule has 2 heterocycles. The summed E-state index contributed by atoms with van der Waals surface area (Å²) in [6.07, 6.45) is 8.42. The maximum absolute atomic E-state index is 4.11. The molecule has 0 aromatic rings. The first kappa shape index (κ1) is 8.47. The van der Waals surface area contributed by atoms with E-state index in [1.165, 1.54) is 18.4 Å². The van der Waals surface area contributed by atoms with Crippen molar-refractivity contribution in [3.05, 3.63) is 24.4 Å². The van der Waals surface area contributed by atoms with Crippen LogP contribution in [0.2, 0.25) is 0 Å². The van der Waals surface area contributed by atoms with Gasteiger partial charge in [-0.15, -0.1) is 0 Å². The van der Waals surface area contributed by atoms with E-state index in [4.69, 9.17) is 0 Å². The average Bonchev–Trinajstić information content (AvgIpc) is 2.65. The molecule has 3 aliphatic rings. The molecule has 3 N–H and O–H groups in total. The molecule has 3 atom stereocenters. The standard InChI is InChI=1S/C10H16N4/c1-7-2-3-8-4-5-14-10(9(8)6-7)11-12-13-14/h4-5,8-13H,1-3,6H2. The maximum Gasteiger partial charge on any atom is 0.113 e. The maximum atomic E-state index is 4.11. The second kappa shape index (κ2) is 3.08. The van der Waals surface area contributed by atoms with Crippen molar-refractivity contribution >= 4 is 0 Å². The van der Waals surface area contributed by atoms with Crippen molar-refractivity contribution in [1.82, 2.24) is 21.5 Å². The first-order valence-corrected chi connectivity index (χ1v) is 5.24. The van der Waals surface area contributed by atoms with Gasteiger partial charge in [0.1, 0.15) is 6.17 Å². The Hall–Kier alpha value is -0.840. The molecule has 1 saturated heterocycles. The molecule has 76 valence electrons. The van der Waals surface area contributed by atoms with E-state index in [0.29, 0.717) is 12.1 Å². The molecular weight excluding hydrogens is 176 g/mol. The Kier molecular flexibility index (Phi) is 1.87. The average molecular weight is 192 g/mol. The molecular formula is C10H16N4. The topological polar surface area (TPSA) is 39.3 Å². The van der Waals surface area contributed by atoms with Crippen LogP contribution in [0.15, 0.2) is 24.4 Å². The minimum absolute atomic E-state index is 0.377. The van der Waals surface area contributed by atoms with Crippen molar-refractivity contribution in [3.8, 4) is 0 Å². The molecule has 1 aliphatic carbocycles. The molecule has 2 aliphatic heterocycles. The van der Waals surface area contributed by atoms with Gasteiger partial charge in [-0.3, -0.25) is 5.01 Å². The highest BCUT2D eigenvalue weighted by Crippen LogP contribution is 2.39. The lowest BCUT2D eigenvalue weighted by Gasteiger charge is -2.40. The minimum atomic E-state index is 0.377. The van der Waals surface area contributed by atoms with Crippen molar-refractivity contribution in [3.63, 3.8) is 0 Å². The molecule has 1 saturated carbocycles. The third-order valence-electron chi connectivity index (χ3n) is 3.51. The zero-order valence-electron chi connectivity index (χ0n) is 8.16. The molecule has 14 heavy (non-hydrogen) atoms. The Morgan fingerprint density at radius 1 is 1.50 bits per heavy atom. The van der Waals surface area contributed by atoms with Crippen LogP contribution in [0.5, 0.6) is 0 Å². The van der Waals surface area contributed by atoms with Crippen LogP contribution in [-0.2, 0) is 0 Å². The zero-order chi connectivity index (χ0) is 9.54. The highest BCUT2D eigenvalue weighted by molar-refractivity contribution is 5.11. The number of allylic oxidation sites excluding steroid dienone is 2. The number of rotatable bonds is 0. The van der Waals surface area contributed by atoms with Crippen molar-refractivity contribution in [2.24, 2.45) is 11.8 Å². The second-order valence-electron chi connectivity index (χ2n) is 4.40. The molecule has 0 bridgehead atoms. The van der Waals surface area contributed by atoms with Crippen LogP contribution in [0.3, 0.4) is 0 Å². The third kappa shape index (κ3) is 1.19. The third-order valence-corrected chi connectivity index (χ3v) is 3.51. The number of hydrogen-bond donors (Lipinski definition) is 3. The number of nitrogens with zero attached hydrogens (tertiary/aromatic N) is 1. The van der Waals surface area contributed by atoms with E-state index in [1.54, 1.807) is 0 Å². The SMILES string of the molecule is C=C1CCC2C=CN3NNNC3C2C1. The molecule has 0 spiro atoms.